The summed E-state index contributed by atoms with van der Waals surface area (Å²) in [5.74, 6) is 1.59. The lowest BCUT2D eigenvalue weighted by atomic mass is 10.0. The summed E-state index contributed by atoms with van der Waals surface area (Å²) in [4.78, 5) is 9.07. The van der Waals surface area contributed by atoms with Gasteiger partial charge < -0.3 is 14.5 Å². The number of hydrogen-bond donors (Lipinski definition) is 1. The quantitative estimate of drug-likeness (QED) is 0.475. The van der Waals surface area contributed by atoms with Crippen LogP contribution >= 0.6 is 0 Å². The van der Waals surface area contributed by atoms with E-state index in [9.17, 15) is 4.39 Å². The van der Waals surface area contributed by atoms with Crippen molar-refractivity contribution < 1.29 is 13.5 Å². The van der Waals surface area contributed by atoms with E-state index >= 15 is 0 Å². The molecular weight excluding hydrogens is 399 g/mol. The number of aryl methyl sites for hydroxylation is 1. The molecule has 1 aliphatic heterocycles. The summed E-state index contributed by atoms with van der Waals surface area (Å²) in [5.41, 5.74) is 5.19. The SMILES string of the molecule is Cc1nc2c(-c3cnc(NCc4c(F)ccc5c4CCO5)n4cnnc34)cccc2o1. The minimum absolute atomic E-state index is 0.263. The number of halogens is 1. The fraction of sp³-hybridized carbons (Fsp3) is 0.182. The van der Waals surface area contributed by atoms with E-state index in [1.807, 2.05) is 25.1 Å². The number of nitrogens with zero attached hydrogens (tertiary/aromatic N) is 5. The molecule has 1 aliphatic rings. The minimum atomic E-state index is -0.263. The summed E-state index contributed by atoms with van der Waals surface area (Å²) in [6.07, 6.45) is 4.00. The summed E-state index contributed by atoms with van der Waals surface area (Å²) in [5, 5.41) is 11.6. The number of hydrogen-bond acceptors (Lipinski definition) is 7. The Morgan fingerprint density at radius 2 is 2.13 bits per heavy atom. The second-order valence-electron chi connectivity index (χ2n) is 7.36. The Balaban J connectivity index is 1.40. The van der Waals surface area contributed by atoms with Crippen molar-refractivity contribution in [3.05, 3.63) is 65.7 Å². The zero-order chi connectivity index (χ0) is 20.9. The molecule has 1 N–H and O–H groups in total. The van der Waals surface area contributed by atoms with E-state index < -0.39 is 0 Å². The molecule has 8 nitrogen and oxygen atoms in total. The van der Waals surface area contributed by atoms with Crippen LogP contribution < -0.4 is 10.1 Å². The average Bonchev–Trinajstić information content (AvgIpc) is 3.51. The summed E-state index contributed by atoms with van der Waals surface area (Å²) in [6, 6.07) is 8.85. The van der Waals surface area contributed by atoms with Crippen molar-refractivity contribution in [1.29, 1.82) is 0 Å². The van der Waals surface area contributed by atoms with Crippen LogP contribution in [-0.4, -0.2) is 31.2 Å². The monoisotopic (exact) mass is 416 g/mol. The van der Waals surface area contributed by atoms with Gasteiger partial charge in [0.15, 0.2) is 17.1 Å². The highest BCUT2D eigenvalue weighted by Gasteiger charge is 2.20. The number of fused-ring (bicyclic) bond motifs is 3. The van der Waals surface area contributed by atoms with Crippen molar-refractivity contribution in [2.45, 2.75) is 19.9 Å². The maximum atomic E-state index is 14.5. The third-order valence-corrected chi connectivity index (χ3v) is 5.51. The summed E-state index contributed by atoms with van der Waals surface area (Å²) in [7, 11) is 0. The highest BCUT2D eigenvalue weighted by molar-refractivity contribution is 5.94. The largest absolute Gasteiger partial charge is 0.493 e. The van der Waals surface area contributed by atoms with E-state index in [1.165, 1.54) is 6.07 Å². The van der Waals surface area contributed by atoms with Gasteiger partial charge in [-0.2, -0.15) is 0 Å². The van der Waals surface area contributed by atoms with E-state index in [0.29, 0.717) is 41.7 Å². The van der Waals surface area contributed by atoms with Gasteiger partial charge in [-0.25, -0.2) is 14.4 Å². The zero-order valence-corrected chi connectivity index (χ0v) is 16.6. The normalized spacial score (nSPS) is 13.0. The van der Waals surface area contributed by atoms with Gasteiger partial charge in [-0.3, -0.25) is 4.40 Å². The van der Waals surface area contributed by atoms with Crippen LogP contribution in [0.5, 0.6) is 5.75 Å². The van der Waals surface area contributed by atoms with Crippen LogP contribution in [0.1, 0.15) is 17.0 Å². The molecule has 6 rings (SSSR count). The molecule has 0 amide bonds. The molecule has 0 aliphatic carbocycles. The standard InChI is InChI=1S/C22H17FN6O2/c1-12-27-20-14(3-2-4-19(20)31-12)16-10-25-22(29-11-26-28-21(16)29)24-9-15-13-7-8-30-18(13)6-5-17(15)23/h2-6,10-11H,7-9H2,1H3,(H,24,25). The fourth-order valence-corrected chi connectivity index (χ4v) is 4.09. The average molecular weight is 416 g/mol. The van der Waals surface area contributed by atoms with Crippen LogP contribution in [0.4, 0.5) is 10.3 Å². The molecule has 0 saturated carbocycles. The van der Waals surface area contributed by atoms with Crippen molar-refractivity contribution in [1.82, 2.24) is 24.6 Å². The first-order valence-electron chi connectivity index (χ1n) is 9.91. The number of para-hydroxylation sites is 1. The van der Waals surface area contributed by atoms with Gasteiger partial charge >= 0.3 is 0 Å². The summed E-state index contributed by atoms with van der Waals surface area (Å²) in [6.45, 7) is 2.66. The number of anilines is 1. The predicted molar refractivity (Wildman–Crippen MR) is 111 cm³/mol. The Bertz CT molecular complexity index is 1460. The number of ether oxygens (including phenoxy) is 1. The van der Waals surface area contributed by atoms with Gasteiger partial charge in [-0.05, 0) is 18.2 Å². The molecule has 0 saturated heterocycles. The van der Waals surface area contributed by atoms with Crippen LogP contribution in [-0.2, 0) is 13.0 Å². The third-order valence-electron chi connectivity index (χ3n) is 5.51. The number of aromatic nitrogens is 5. The van der Waals surface area contributed by atoms with Crippen molar-refractivity contribution >= 4 is 22.7 Å². The second-order valence-corrected chi connectivity index (χ2v) is 7.36. The highest BCUT2D eigenvalue weighted by atomic mass is 19.1. The number of oxazole rings is 1. The molecule has 0 bridgehead atoms. The second kappa shape index (κ2) is 6.76. The van der Waals surface area contributed by atoms with Crippen LogP contribution in [0, 0.1) is 12.7 Å². The molecule has 9 heteroatoms. The lowest BCUT2D eigenvalue weighted by Crippen LogP contribution is -2.09. The fourth-order valence-electron chi connectivity index (χ4n) is 4.09. The van der Waals surface area contributed by atoms with E-state index in [1.54, 1.807) is 23.0 Å². The molecular formula is C22H17FN6O2. The minimum Gasteiger partial charge on any atom is -0.493 e. The number of nitrogens with one attached hydrogen (secondary N) is 1. The Morgan fingerprint density at radius 1 is 1.19 bits per heavy atom. The molecule has 0 atom stereocenters. The first-order valence-corrected chi connectivity index (χ1v) is 9.91. The van der Waals surface area contributed by atoms with Gasteiger partial charge in [-0.1, -0.05) is 12.1 Å². The Morgan fingerprint density at radius 3 is 3.06 bits per heavy atom. The van der Waals surface area contributed by atoms with Crippen molar-refractivity contribution in [2.75, 3.05) is 11.9 Å². The first kappa shape index (κ1) is 17.8. The maximum Gasteiger partial charge on any atom is 0.210 e. The number of rotatable bonds is 4. The van der Waals surface area contributed by atoms with E-state index in [4.69, 9.17) is 9.15 Å². The van der Waals surface area contributed by atoms with E-state index in [2.05, 4.69) is 25.5 Å². The van der Waals surface area contributed by atoms with E-state index in [-0.39, 0.29) is 12.4 Å². The topological polar surface area (TPSA) is 90.4 Å². The molecule has 31 heavy (non-hydrogen) atoms. The Labute approximate surface area is 175 Å². The predicted octanol–water partition coefficient (Wildman–Crippen LogP) is 3.93. The Hall–Kier alpha value is -4.01. The summed E-state index contributed by atoms with van der Waals surface area (Å²) >= 11 is 0. The molecule has 4 heterocycles. The lowest BCUT2D eigenvalue weighted by molar-refractivity contribution is 0.356. The first-order chi connectivity index (χ1) is 15.2. The van der Waals surface area contributed by atoms with Gasteiger partial charge in [0.2, 0.25) is 5.95 Å². The molecule has 5 aromatic rings. The zero-order valence-electron chi connectivity index (χ0n) is 16.6. The van der Waals surface area contributed by atoms with Crippen LogP contribution in [0.3, 0.4) is 0 Å². The van der Waals surface area contributed by atoms with Crippen LogP contribution in [0.2, 0.25) is 0 Å². The Kier molecular flexibility index (Phi) is 3.89. The molecule has 0 unspecified atom stereocenters. The molecule has 154 valence electrons. The van der Waals surface area contributed by atoms with Crippen LogP contribution in [0.15, 0.2) is 47.3 Å². The number of benzene rings is 2. The van der Waals surface area contributed by atoms with Gasteiger partial charge in [-0.15, -0.1) is 10.2 Å². The molecule has 0 fully saturated rings. The van der Waals surface area contributed by atoms with Gasteiger partial charge in [0.25, 0.3) is 0 Å². The van der Waals surface area contributed by atoms with Crippen LogP contribution in [0.25, 0.3) is 27.9 Å². The summed E-state index contributed by atoms with van der Waals surface area (Å²) < 4.78 is 27.4. The van der Waals surface area contributed by atoms with E-state index in [0.717, 1.165) is 28.0 Å². The smallest absolute Gasteiger partial charge is 0.210 e. The maximum absolute atomic E-state index is 14.5. The molecule has 2 aromatic carbocycles. The van der Waals surface area contributed by atoms with Crippen molar-refractivity contribution in [3.8, 4) is 16.9 Å². The molecule has 3 aromatic heterocycles. The molecule has 0 spiro atoms. The van der Waals surface area contributed by atoms with Crippen molar-refractivity contribution in [2.24, 2.45) is 0 Å². The third kappa shape index (κ3) is 2.81. The molecule has 0 radical (unpaired) electrons. The van der Waals surface area contributed by atoms with Gasteiger partial charge in [0.1, 0.15) is 23.4 Å². The lowest BCUT2D eigenvalue weighted by Gasteiger charge is -2.12. The van der Waals surface area contributed by atoms with Gasteiger partial charge in [0, 0.05) is 48.3 Å². The van der Waals surface area contributed by atoms with Crippen molar-refractivity contribution in [3.63, 3.8) is 0 Å². The highest BCUT2D eigenvalue weighted by Crippen LogP contribution is 2.33. The van der Waals surface area contributed by atoms with Gasteiger partial charge in [0.05, 0.1) is 6.61 Å².